The highest BCUT2D eigenvalue weighted by atomic mass is 32.2. The molecule has 0 spiro atoms. The number of hydrogen-bond donors (Lipinski definition) is 3. The van der Waals surface area contributed by atoms with E-state index in [2.05, 4.69) is 23.1 Å². The summed E-state index contributed by atoms with van der Waals surface area (Å²) in [5.41, 5.74) is 5.43. The molecular weight excluding hydrogens is 372 g/mol. The Morgan fingerprint density at radius 2 is 1.88 bits per heavy atom. The van der Waals surface area contributed by atoms with Gasteiger partial charge in [-0.15, -0.1) is 0 Å². The Kier molecular flexibility index (Phi) is 6.96. The van der Waals surface area contributed by atoms with Crippen LogP contribution in [-0.2, 0) is 10.0 Å². The standard InChI is InChI=1S/C17H26N4O3S2/c1-12-7-4-5-10-15(12)18-17(25)20-19-16(22)13-8-6-9-14(11-13)26(23,24)21(2)3/h6,8-9,11-12,15H,4-5,7,10H2,1-3H3,(H,19,22)(H2,18,20,25)/t12-,15+/m1/s1. The molecule has 1 aliphatic carbocycles. The maximum absolute atomic E-state index is 12.3. The fourth-order valence-electron chi connectivity index (χ4n) is 2.93. The minimum absolute atomic E-state index is 0.0619. The fraction of sp³-hybridized carbons (Fsp3) is 0.529. The van der Waals surface area contributed by atoms with Crippen LogP contribution >= 0.6 is 12.2 Å². The predicted octanol–water partition coefficient (Wildman–Crippen LogP) is 1.62. The molecule has 7 nitrogen and oxygen atoms in total. The average molecular weight is 399 g/mol. The van der Waals surface area contributed by atoms with Crippen LogP contribution in [0.2, 0.25) is 0 Å². The van der Waals surface area contributed by atoms with Crippen LogP contribution < -0.4 is 16.2 Å². The van der Waals surface area contributed by atoms with Crippen molar-refractivity contribution in [2.24, 2.45) is 5.92 Å². The lowest BCUT2D eigenvalue weighted by Gasteiger charge is -2.30. The van der Waals surface area contributed by atoms with Crippen LogP contribution in [0, 0.1) is 5.92 Å². The monoisotopic (exact) mass is 398 g/mol. The van der Waals surface area contributed by atoms with Gasteiger partial charge in [-0.2, -0.15) is 0 Å². The van der Waals surface area contributed by atoms with Crippen LogP contribution in [0.4, 0.5) is 0 Å². The van der Waals surface area contributed by atoms with Gasteiger partial charge in [-0.05, 0) is 49.2 Å². The quantitative estimate of drug-likeness (QED) is 0.528. The van der Waals surface area contributed by atoms with Gasteiger partial charge >= 0.3 is 0 Å². The first-order chi connectivity index (χ1) is 12.2. The Morgan fingerprint density at radius 3 is 2.54 bits per heavy atom. The van der Waals surface area contributed by atoms with Crippen LogP contribution in [0.15, 0.2) is 29.2 Å². The first kappa shape index (κ1) is 20.6. The van der Waals surface area contributed by atoms with Gasteiger partial charge in [-0.25, -0.2) is 12.7 Å². The molecule has 1 saturated carbocycles. The Hall–Kier alpha value is -1.71. The maximum Gasteiger partial charge on any atom is 0.269 e. The molecule has 1 aromatic rings. The van der Waals surface area contributed by atoms with E-state index < -0.39 is 15.9 Å². The normalized spacial score (nSPS) is 20.5. The molecule has 2 rings (SSSR count). The SMILES string of the molecule is C[C@@H]1CCCC[C@@H]1NC(=S)NNC(=O)c1cccc(S(=O)(=O)N(C)C)c1. The lowest BCUT2D eigenvalue weighted by Crippen LogP contribution is -2.51. The summed E-state index contributed by atoms with van der Waals surface area (Å²) >= 11 is 5.24. The molecule has 0 aromatic heterocycles. The van der Waals surface area contributed by atoms with Crippen molar-refractivity contribution in [2.45, 2.75) is 43.5 Å². The lowest BCUT2D eigenvalue weighted by atomic mass is 9.86. The molecule has 144 valence electrons. The summed E-state index contributed by atoms with van der Waals surface area (Å²) < 4.78 is 25.4. The van der Waals surface area contributed by atoms with Crippen LogP contribution in [-0.4, -0.2) is 43.9 Å². The predicted molar refractivity (Wildman–Crippen MR) is 105 cm³/mol. The second-order valence-corrected chi connectivity index (χ2v) is 9.30. The van der Waals surface area contributed by atoms with Gasteiger partial charge < -0.3 is 5.32 Å². The molecule has 0 aliphatic heterocycles. The largest absolute Gasteiger partial charge is 0.358 e. The van der Waals surface area contributed by atoms with E-state index in [-0.39, 0.29) is 10.5 Å². The van der Waals surface area contributed by atoms with Crippen LogP contribution in [0.3, 0.4) is 0 Å². The van der Waals surface area contributed by atoms with Gasteiger partial charge in [-0.3, -0.25) is 15.6 Å². The van der Waals surface area contributed by atoms with Crippen molar-refractivity contribution in [1.82, 2.24) is 20.5 Å². The van der Waals surface area contributed by atoms with E-state index in [9.17, 15) is 13.2 Å². The maximum atomic E-state index is 12.3. The van der Waals surface area contributed by atoms with Gasteiger partial charge in [0.15, 0.2) is 5.11 Å². The second-order valence-electron chi connectivity index (χ2n) is 6.74. The number of sulfonamides is 1. The number of thiocarbonyl (C=S) groups is 1. The molecule has 0 heterocycles. The van der Waals surface area contributed by atoms with E-state index >= 15 is 0 Å². The van der Waals surface area contributed by atoms with Crippen molar-refractivity contribution in [1.29, 1.82) is 0 Å². The molecule has 0 bridgehead atoms. The third-order valence-electron chi connectivity index (χ3n) is 4.59. The summed E-state index contributed by atoms with van der Waals surface area (Å²) in [6.45, 7) is 2.19. The molecule has 2 atom stereocenters. The zero-order valence-electron chi connectivity index (χ0n) is 15.3. The molecule has 0 radical (unpaired) electrons. The number of hydrazine groups is 1. The first-order valence-corrected chi connectivity index (χ1v) is 10.5. The van der Waals surface area contributed by atoms with Crippen molar-refractivity contribution in [3.05, 3.63) is 29.8 Å². The summed E-state index contributed by atoms with van der Waals surface area (Å²) in [7, 11) is -0.706. The Bertz CT molecular complexity index is 765. The zero-order valence-corrected chi connectivity index (χ0v) is 16.9. The van der Waals surface area contributed by atoms with Crippen molar-refractivity contribution in [3.8, 4) is 0 Å². The average Bonchev–Trinajstić information content (AvgIpc) is 2.61. The summed E-state index contributed by atoms with van der Waals surface area (Å²) in [4.78, 5) is 12.3. The van der Waals surface area contributed by atoms with Crippen LogP contribution in [0.5, 0.6) is 0 Å². The van der Waals surface area contributed by atoms with Crippen molar-refractivity contribution in [3.63, 3.8) is 0 Å². The second kappa shape index (κ2) is 8.79. The van der Waals surface area contributed by atoms with Gasteiger partial charge in [0.1, 0.15) is 0 Å². The molecular formula is C17H26N4O3S2. The molecule has 1 amide bonds. The molecule has 0 unspecified atom stereocenters. The summed E-state index contributed by atoms with van der Waals surface area (Å²) in [5.74, 6) is 0.0776. The molecule has 1 fully saturated rings. The smallest absolute Gasteiger partial charge is 0.269 e. The summed E-state index contributed by atoms with van der Waals surface area (Å²) in [5, 5.41) is 3.58. The molecule has 26 heavy (non-hydrogen) atoms. The van der Waals surface area contributed by atoms with Crippen LogP contribution in [0.25, 0.3) is 0 Å². The van der Waals surface area contributed by atoms with Gasteiger partial charge in [0, 0.05) is 25.7 Å². The summed E-state index contributed by atoms with van der Waals surface area (Å²) in [6.07, 6.45) is 4.63. The number of nitrogens with zero attached hydrogens (tertiary/aromatic N) is 1. The molecule has 1 aromatic carbocycles. The number of carbonyl (C=O) groups is 1. The number of carbonyl (C=O) groups excluding carboxylic acids is 1. The highest BCUT2D eigenvalue weighted by Gasteiger charge is 2.22. The summed E-state index contributed by atoms with van der Waals surface area (Å²) in [6, 6.07) is 6.17. The number of rotatable bonds is 4. The molecule has 0 saturated heterocycles. The Labute approximate surface area is 160 Å². The molecule has 1 aliphatic rings. The van der Waals surface area contributed by atoms with E-state index in [0.29, 0.717) is 17.1 Å². The molecule has 3 N–H and O–H groups in total. The van der Waals surface area contributed by atoms with Crippen LogP contribution in [0.1, 0.15) is 43.0 Å². The number of nitrogens with one attached hydrogen (secondary N) is 3. The van der Waals surface area contributed by atoms with E-state index in [1.165, 1.54) is 51.6 Å². The first-order valence-electron chi connectivity index (χ1n) is 8.61. The number of benzene rings is 1. The minimum atomic E-state index is -3.59. The third-order valence-corrected chi connectivity index (χ3v) is 6.62. The number of amides is 1. The van der Waals surface area contributed by atoms with E-state index in [1.807, 2.05) is 0 Å². The number of hydrogen-bond acceptors (Lipinski definition) is 4. The van der Waals surface area contributed by atoms with Crippen molar-refractivity contribution in [2.75, 3.05) is 14.1 Å². The third kappa shape index (κ3) is 5.15. The Morgan fingerprint density at radius 1 is 1.19 bits per heavy atom. The molecule has 9 heteroatoms. The van der Waals surface area contributed by atoms with Crippen molar-refractivity contribution < 1.29 is 13.2 Å². The van der Waals surface area contributed by atoms with Gasteiger partial charge in [-0.1, -0.05) is 25.8 Å². The van der Waals surface area contributed by atoms with E-state index in [4.69, 9.17) is 12.2 Å². The highest BCUT2D eigenvalue weighted by Crippen LogP contribution is 2.23. The zero-order chi connectivity index (χ0) is 19.3. The van der Waals surface area contributed by atoms with Crippen molar-refractivity contribution >= 4 is 33.3 Å². The van der Waals surface area contributed by atoms with Gasteiger partial charge in [0.2, 0.25) is 10.0 Å². The van der Waals surface area contributed by atoms with Gasteiger partial charge in [0.05, 0.1) is 4.90 Å². The fourth-order valence-corrected chi connectivity index (χ4v) is 4.08. The van der Waals surface area contributed by atoms with E-state index in [1.54, 1.807) is 6.07 Å². The lowest BCUT2D eigenvalue weighted by molar-refractivity contribution is 0.0943. The van der Waals surface area contributed by atoms with E-state index in [0.717, 1.165) is 10.7 Å². The van der Waals surface area contributed by atoms with Gasteiger partial charge in [0.25, 0.3) is 5.91 Å². The Balaban J connectivity index is 1.94. The topological polar surface area (TPSA) is 90.5 Å². The minimum Gasteiger partial charge on any atom is -0.358 e. The highest BCUT2D eigenvalue weighted by molar-refractivity contribution is 7.89.